The first-order chi connectivity index (χ1) is 22.7. The summed E-state index contributed by atoms with van der Waals surface area (Å²) in [4.78, 5) is 5.46. The van der Waals surface area contributed by atoms with Gasteiger partial charge in [0.15, 0.2) is 0 Å². The van der Waals surface area contributed by atoms with E-state index < -0.39 is 0 Å². The van der Waals surface area contributed by atoms with E-state index in [4.69, 9.17) is 0 Å². The quantitative estimate of drug-likeness (QED) is 0.0763. The Hall–Kier alpha value is -1.64. The first-order valence-corrected chi connectivity index (χ1v) is 20.3. The topological polar surface area (TPSA) is 6.48 Å². The lowest BCUT2D eigenvalue weighted by Gasteiger charge is -2.23. The molecule has 0 aliphatic rings. The van der Waals surface area contributed by atoms with E-state index in [-0.39, 0.29) is 0 Å². The molecule has 262 valence electrons. The minimum absolute atomic E-state index is 1.09. The Kier molecular flexibility index (Phi) is 25.0. The predicted molar refractivity (Wildman–Crippen MR) is 207 cm³/mol. The van der Waals surface area contributed by atoms with Crippen LogP contribution in [-0.2, 0) is 13.1 Å². The van der Waals surface area contributed by atoms with Gasteiger partial charge in [-0.2, -0.15) is 0 Å². The van der Waals surface area contributed by atoms with Crippen molar-refractivity contribution in [3.05, 3.63) is 59.7 Å². The van der Waals surface area contributed by atoms with Crippen molar-refractivity contribution in [2.45, 2.75) is 182 Å². The van der Waals surface area contributed by atoms with Crippen LogP contribution in [0.5, 0.6) is 0 Å². The van der Waals surface area contributed by atoms with Crippen LogP contribution in [-0.4, -0.2) is 36.0 Å². The average molecular weight is 633 g/mol. The summed E-state index contributed by atoms with van der Waals surface area (Å²) in [6.45, 7) is 16.4. The van der Waals surface area contributed by atoms with E-state index in [9.17, 15) is 0 Å². The summed E-state index contributed by atoms with van der Waals surface area (Å²) in [6, 6.07) is 19.0. The molecular weight excluding hydrogens is 556 g/mol. The Morgan fingerprint density at radius 3 is 0.804 bits per heavy atom. The van der Waals surface area contributed by atoms with Crippen molar-refractivity contribution in [1.82, 2.24) is 9.80 Å². The molecule has 0 N–H and O–H groups in total. The van der Waals surface area contributed by atoms with Crippen molar-refractivity contribution in [3.63, 3.8) is 0 Å². The summed E-state index contributed by atoms with van der Waals surface area (Å²) in [5.41, 5.74) is 5.61. The fraction of sp³-hybridized carbons (Fsp3) is 0.727. The van der Waals surface area contributed by atoms with Crippen LogP contribution < -0.4 is 0 Å². The maximum Gasteiger partial charge on any atom is 0.0233 e. The number of nitrogens with zero attached hydrogens (tertiary/aromatic N) is 2. The molecule has 0 amide bonds. The Bertz CT molecular complexity index is 840. The summed E-state index contributed by atoms with van der Waals surface area (Å²) in [5, 5.41) is 0. The maximum atomic E-state index is 2.73. The summed E-state index contributed by atoms with van der Waals surface area (Å²) in [6.07, 6.45) is 30.2. The number of unbranched alkanes of at least 4 members (excludes halogenated alkanes) is 18. The predicted octanol–water partition coefficient (Wildman–Crippen LogP) is 13.6. The van der Waals surface area contributed by atoms with Crippen LogP contribution in [0, 0.1) is 0 Å². The normalized spacial score (nSPS) is 11.7. The lowest BCUT2D eigenvalue weighted by atomic mass is 10.0. The van der Waals surface area contributed by atoms with Gasteiger partial charge >= 0.3 is 0 Å². The first kappa shape index (κ1) is 40.5. The van der Waals surface area contributed by atoms with Gasteiger partial charge in [-0.25, -0.2) is 0 Å². The minimum atomic E-state index is 1.09. The van der Waals surface area contributed by atoms with Gasteiger partial charge in [-0.15, -0.1) is 0 Å². The molecule has 0 heterocycles. The summed E-state index contributed by atoms with van der Waals surface area (Å²) in [5.74, 6) is 0. The second-order valence-electron chi connectivity index (χ2n) is 14.3. The van der Waals surface area contributed by atoms with Crippen LogP contribution in [0.2, 0.25) is 0 Å². The van der Waals surface area contributed by atoms with Gasteiger partial charge in [0, 0.05) is 13.1 Å². The summed E-state index contributed by atoms with van der Waals surface area (Å²) >= 11 is 0. The fourth-order valence-electron chi connectivity index (χ4n) is 6.77. The minimum Gasteiger partial charge on any atom is -0.299 e. The zero-order valence-corrected chi connectivity index (χ0v) is 31.3. The standard InChI is InChI=1S/C44H76N2/c1-5-9-13-17-21-25-37-45(35-23-19-15-11-7-3)39-41-27-31-43(32-28-41)44-33-29-42(30-34-44)40-46(36-24-20-16-12-8-4)38-26-22-18-14-10-6-2/h27-34H,5-26,35-40H2,1-4H3. The van der Waals surface area contributed by atoms with Crippen molar-refractivity contribution in [1.29, 1.82) is 0 Å². The Balaban J connectivity index is 1.91. The van der Waals surface area contributed by atoms with Crippen LogP contribution in [0.3, 0.4) is 0 Å². The highest BCUT2D eigenvalue weighted by molar-refractivity contribution is 5.64. The van der Waals surface area contributed by atoms with E-state index in [2.05, 4.69) is 86.0 Å². The molecule has 2 nitrogen and oxygen atoms in total. The van der Waals surface area contributed by atoms with Gasteiger partial charge in [0.25, 0.3) is 0 Å². The zero-order valence-electron chi connectivity index (χ0n) is 31.3. The summed E-state index contributed by atoms with van der Waals surface area (Å²) < 4.78 is 0. The number of benzene rings is 2. The molecule has 0 atom stereocenters. The smallest absolute Gasteiger partial charge is 0.0233 e. The van der Waals surface area contributed by atoms with Crippen LogP contribution >= 0.6 is 0 Å². The van der Waals surface area contributed by atoms with Crippen molar-refractivity contribution in [2.24, 2.45) is 0 Å². The molecule has 0 radical (unpaired) electrons. The molecule has 0 saturated heterocycles. The molecule has 0 aromatic heterocycles. The van der Waals surface area contributed by atoms with Crippen LogP contribution in [0.1, 0.15) is 180 Å². The molecule has 0 unspecified atom stereocenters. The van der Waals surface area contributed by atoms with Gasteiger partial charge in [0.05, 0.1) is 0 Å². The summed E-state index contributed by atoms with van der Waals surface area (Å²) in [7, 11) is 0. The largest absolute Gasteiger partial charge is 0.299 e. The van der Waals surface area contributed by atoms with Crippen LogP contribution in [0.25, 0.3) is 11.1 Å². The number of hydrogen-bond donors (Lipinski definition) is 0. The van der Waals surface area contributed by atoms with Crippen molar-refractivity contribution in [2.75, 3.05) is 26.2 Å². The highest BCUT2D eigenvalue weighted by Crippen LogP contribution is 2.22. The van der Waals surface area contributed by atoms with E-state index in [0.717, 1.165) is 13.1 Å². The van der Waals surface area contributed by atoms with E-state index in [1.54, 1.807) is 0 Å². The van der Waals surface area contributed by atoms with Gasteiger partial charge in [-0.05, 0) is 74.1 Å². The molecule has 0 aliphatic heterocycles. The van der Waals surface area contributed by atoms with E-state index in [1.807, 2.05) is 0 Å². The van der Waals surface area contributed by atoms with Gasteiger partial charge in [0.1, 0.15) is 0 Å². The molecule has 0 spiro atoms. The molecule has 2 aromatic carbocycles. The third-order valence-corrected chi connectivity index (χ3v) is 9.87. The number of rotatable bonds is 31. The molecular formula is C44H76N2. The Labute approximate surface area is 288 Å². The Morgan fingerprint density at radius 1 is 0.304 bits per heavy atom. The highest BCUT2D eigenvalue weighted by Gasteiger charge is 2.09. The maximum absolute atomic E-state index is 2.73. The molecule has 46 heavy (non-hydrogen) atoms. The third kappa shape index (κ3) is 19.9. The van der Waals surface area contributed by atoms with Crippen molar-refractivity contribution in [3.8, 4) is 11.1 Å². The lowest BCUT2D eigenvalue weighted by molar-refractivity contribution is 0.252. The molecule has 2 aromatic rings. The monoisotopic (exact) mass is 633 g/mol. The van der Waals surface area contributed by atoms with E-state index in [1.165, 1.54) is 190 Å². The second-order valence-corrected chi connectivity index (χ2v) is 14.3. The van der Waals surface area contributed by atoms with Gasteiger partial charge in [-0.1, -0.05) is 192 Å². The molecule has 2 heteroatoms. The molecule has 0 bridgehead atoms. The second kappa shape index (κ2) is 28.4. The van der Waals surface area contributed by atoms with Crippen molar-refractivity contribution >= 4 is 0 Å². The number of hydrogen-bond acceptors (Lipinski definition) is 2. The fourth-order valence-corrected chi connectivity index (χ4v) is 6.77. The van der Waals surface area contributed by atoms with E-state index >= 15 is 0 Å². The first-order valence-electron chi connectivity index (χ1n) is 20.3. The SMILES string of the molecule is CCCCCCCCN(CCCCCCC)Cc1ccc(-c2ccc(CN(CCCCCCC)CCCCCCCC)cc2)cc1. The average Bonchev–Trinajstić information content (AvgIpc) is 3.08. The highest BCUT2D eigenvalue weighted by atomic mass is 15.1. The molecule has 0 fully saturated rings. The molecule has 0 saturated carbocycles. The lowest BCUT2D eigenvalue weighted by Crippen LogP contribution is -2.25. The zero-order chi connectivity index (χ0) is 32.9. The molecule has 0 aliphatic carbocycles. The van der Waals surface area contributed by atoms with Gasteiger partial charge in [0.2, 0.25) is 0 Å². The van der Waals surface area contributed by atoms with Gasteiger partial charge in [-0.3, -0.25) is 9.80 Å². The Morgan fingerprint density at radius 2 is 0.543 bits per heavy atom. The third-order valence-electron chi connectivity index (χ3n) is 9.87. The van der Waals surface area contributed by atoms with Crippen molar-refractivity contribution < 1.29 is 0 Å². The van der Waals surface area contributed by atoms with E-state index in [0.29, 0.717) is 0 Å². The molecule has 2 rings (SSSR count). The van der Waals surface area contributed by atoms with Crippen LogP contribution in [0.15, 0.2) is 48.5 Å². The van der Waals surface area contributed by atoms with Gasteiger partial charge < -0.3 is 0 Å². The van der Waals surface area contributed by atoms with Crippen LogP contribution in [0.4, 0.5) is 0 Å².